The Kier molecular flexibility index (Phi) is 20.1. The molecular formula is C66H121NO3. The van der Waals surface area contributed by atoms with Crippen molar-refractivity contribution in [1.82, 2.24) is 4.90 Å². The minimum Gasteiger partial charge on any atom is -0.378 e. The quantitative estimate of drug-likeness (QED) is 0.275. The number of fused-ring (bicyclic) bond motifs is 16. The third kappa shape index (κ3) is 13.5. The molecule has 4 nitrogen and oxygen atoms in total. The fourth-order valence-corrected chi connectivity index (χ4v) is 17.8. The Balaban J connectivity index is 0.000000124. The van der Waals surface area contributed by atoms with Crippen molar-refractivity contribution in [2.75, 3.05) is 26.2 Å². The van der Waals surface area contributed by atoms with Crippen LogP contribution in [0.1, 0.15) is 295 Å². The van der Waals surface area contributed by atoms with E-state index in [1.165, 1.54) is 219 Å². The molecule has 9 heterocycles. The summed E-state index contributed by atoms with van der Waals surface area (Å²) in [5, 5.41) is 0. The van der Waals surface area contributed by atoms with Gasteiger partial charge in [0.15, 0.2) is 0 Å². The van der Waals surface area contributed by atoms with Crippen LogP contribution in [0.25, 0.3) is 0 Å². The molecule has 0 aromatic rings. The first kappa shape index (κ1) is 57.5. The predicted octanol–water partition coefficient (Wildman–Crippen LogP) is 19.0. The van der Waals surface area contributed by atoms with Gasteiger partial charge in [0.2, 0.25) is 0 Å². The van der Waals surface area contributed by atoms with Crippen LogP contribution in [-0.4, -0.2) is 60.7 Å². The maximum absolute atomic E-state index is 6.17. The molecule has 0 N–H and O–H groups in total. The molecule has 15 rings (SSSR count). The van der Waals surface area contributed by atoms with Gasteiger partial charge in [0.1, 0.15) is 0 Å². The molecule has 0 aromatic heterocycles. The van der Waals surface area contributed by atoms with Crippen LogP contribution in [0, 0.1) is 68.5 Å². The van der Waals surface area contributed by atoms with Gasteiger partial charge in [0, 0.05) is 0 Å². The van der Waals surface area contributed by atoms with Crippen LogP contribution in [-0.2, 0) is 14.2 Å². The largest absolute Gasteiger partial charge is 0.378 e. The fourth-order valence-electron chi connectivity index (χ4n) is 17.8. The van der Waals surface area contributed by atoms with E-state index >= 15 is 0 Å². The zero-order valence-corrected chi connectivity index (χ0v) is 49.4. The van der Waals surface area contributed by atoms with E-state index in [-0.39, 0.29) is 5.60 Å². The van der Waals surface area contributed by atoms with E-state index in [4.69, 9.17) is 14.2 Å². The molecule has 0 aromatic carbocycles. The highest BCUT2D eigenvalue weighted by Gasteiger charge is 2.48. The average Bonchev–Trinajstić information content (AvgIpc) is 3.49. The van der Waals surface area contributed by atoms with Gasteiger partial charge in [-0.3, -0.25) is 0 Å². The Morgan fingerprint density at radius 2 is 0.771 bits per heavy atom. The first-order valence-electron chi connectivity index (χ1n) is 31.9. The second-order valence-electron chi connectivity index (χ2n) is 30.0. The van der Waals surface area contributed by atoms with Crippen molar-refractivity contribution in [3.05, 3.63) is 0 Å². The molecule has 4 heteroatoms. The van der Waals surface area contributed by atoms with Gasteiger partial charge in [-0.25, -0.2) is 0 Å². The highest BCUT2D eigenvalue weighted by Crippen LogP contribution is 2.55. The molecular weight excluding hydrogens is 855 g/mol. The van der Waals surface area contributed by atoms with Crippen molar-refractivity contribution in [3.8, 4) is 0 Å². The lowest BCUT2D eigenvalue weighted by atomic mass is 9.57. The van der Waals surface area contributed by atoms with E-state index in [9.17, 15) is 0 Å². The van der Waals surface area contributed by atoms with E-state index in [1.54, 1.807) is 6.42 Å². The van der Waals surface area contributed by atoms with Crippen LogP contribution in [0.15, 0.2) is 0 Å². The Hall–Kier alpha value is -0.160. The van der Waals surface area contributed by atoms with Crippen LogP contribution in [0.4, 0.5) is 0 Å². The number of rotatable bonds is 5. The zero-order valence-electron chi connectivity index (χ0n) is 49.4. The van der Waals surface area contributed by atoms with Crippen molar-refractivity contribution in [2.24, 2.45) is 68.5 Å². The van der Waals surface area contributed by atoms with Crippen molar-refractivity contribution in [2.45, 2.75) is 325 Å². The monoisotopic (exact) mass is 976 g/mol. The van der Waals surface area contributed by atoms with E-state index in [0.717, 1.165) is 47.0 Å². The van der Waals surface area contributed by atoms with Gasteiger partial charge in [-0.1, -0.05) is 129 Å². The van der Waals surface area contributed by atoms with Crippen LogP contribution >= 0.6 is 0 Å². The molecule has 15 aliphatic rings. The predicted molar refractivity (Wildman–Crippen MR) is 299 cm³/mol. The summed E-state index contributed by atoms with van der Waals surface area (Å²) < 4.78 is 18.0. The summed E-state index contributed by atoms with van der Waals surface area (Å²) in [6.45, 7) is 36.0. The van der Waals surface area contributed by atoms with E-state index < -0.39 is 0 Å². The summed E-state index contributed by atoms with van der Waals surface area (Å²) in [7, 11) is 0. The average molecular weight is 977 g/mol. The third-order valence-electron chi connectivity index (χ3n) is 24.4. The van der Waals surface area contributed by atoms with Gasteiger partial charge in [-0.15, -0.1) is 0 Å². The summed E-state index contributed by atoms with van der Waals surface area (Å²) in [6.07, 6.45) is 47.8. The lowest BCUT2D eigenvalue weighted by molar-refractivity contribution is -0.181. The number of nitrogens with zero attached hydrogens (tertiary/aromatic N) is 1. The molecule has 6 saturated carbocycles. The van der Waals surface area contributed by atoms with Crippen LogP contribution in [0.3, 0.4) is 0 Å². The van der Waals surface area contributed by atoms with Crippen molar-refractivity contribution in [1.29, 1.82) is 0 Å². The number of ether oxygens (including phenoxy) is 3. The number of hydrogen-bond acceptors (Lipinski definition) is 4. The minimum atomic E-state index is 0.279. The van der Waals surface area contributed by atoms with Gasteiger partial charge in [0.25, 0.3) is 0 Å². The standard InChI is InChI=1S/2C12H22.C11H21N.C11H20O.2C10H18O/c1-10(2)12-7-3-5-11(9-12)6-4-8-12;1-10(2)12-7-3-4-11(5-8-12)6-9-12;1-10(2,3)11-4-7-12(8-5-11)9-6-11;1-9(2)11-7-3-5-10(12-11)6-4-8-11;1-8(2)10-5-3-9(4-6-10)11-7-10;1-8(2)10-6-3-4-9(11-10)5-7-10/h2*10-11H,3-9H2,1-2H3;4-9H2,1-3H3;9-10H,3-8H2,1-2H3;2*8-9H,3-7H2,1-2H3. The minimum absolute atomic E-state index is 0.279. The third-order valence-corrected chi connectivity index (χ3v) is 24.4. The molecule has 12 bridgehead atoms. The lowest BCUT2D eigenvalue weighted by Gasteiger charge is -2.55. The Labute approximate surface area is 437 Å². The summed E-state index contributed by atoms with van der Waals surface area (Å²) in [5.74, 6) is 6.31. The van der Waals surface area contributed by atoms with Gasteiger partial charge in [-0.2, -0.15) is 0 Å². The molecule has 70 heavy (non-hydrogen) atoms. The molecule has 6 aliphatic carbocycles. The summed E-state index contributed by atoms with van der Waals surface area (Å²) >= 11 is 0. The summed E-state index contributed by atoms with van der Waals surface area (Å²) in [6, 6.07) is 0. The van der Waals surface area contributed by atoms with E-state index in [1.807, 2.05) is 0 Å². The van der Waals surface area contributed by atoms with Gasteiger partial charge in [0.05, 0.1) is 36.1 Å². The number of hydrogen-bond donors (Lipinski definition) is 0. The number of piperidine rings is 3. The van der Waals surface area contributed by atoms with Gasteiger partial charge < -0.3 is 19.1 Å². The molecule has 408 valence electrons. The van der Waals surface area contributed by atoms with E-state index in [0.29, 0.717) is 52.0 Å². The van der Waals surface area contributed by atoms with Crippen molar-refractivity contribution < 1.29 is 14.2 Å². The maximum atomic E-state index is 6.17. The first-order chi connectivity index (χ1) is 33.2. The topological polar surface area (TPSA) is 30.9 Å². The highest BCUT2D eigenvalue weighted by molar-refractivity contribution is 5.00. The second kappa shape index (κ2) is 24.4. The Morgan fingerprint density at radius 1 is 0.371 bits per heavy atom. The SMILES string of the molecule is CC(C)(C)C12CCN(CC1)CC2.CC(C)C12CCC(CC1)OC2.CC(C)C12CCCC(CC1)CC2.CC(C)C12CCCC(CC1)O2.CC(C)C12CCCC(CCC1)C2.CC(C)C12CCCC(CCC1)O2. The molecule has 9 aliphatic heterocycles. The van der Waals surface area contributed by atoms with Crippen LogP contribution in [0.2, 0.25) is 0 Å². The Bertz CT molecular complexity index is 1410. The van der Waals surface area contributed by atoms with Crippen molar-refractivity contribution >= 4 is 0 Å². The van der Waals surface area contributed by atoms with Gasteiger partial charge in [-0.05, 0) is 255 Å². The lowest BCUT2D eigenvalue weighted by Crippen LogP contribution is -2.53. The first-order valence-corrected chi connectivity index (χ1v) is 31.9. The molecule has 15 fully saturated rings. The highest BCUT2D eigenvalue weighted by atomic mass is 16.5. The van der Waals surface area contributed by atoms with E-state index in [2.05, 4.69) is 94.9 Å². The molecule has 0 spiro atoms. The van der Waals surface area contributed by atoms with Crippen LogP contribution < -0.4 is 0 Å². The van der Waals surface area contributed by atoms with Crippen LogP contribution in [0.5, 0.6) is 0 Å². The molecule has 9 saturated heterocycles. The smallest absolute Gasteiger partial charge is 0.0710 e. The Morgan fingerprint density at radius 3 is 1.14 bits per heavy atom. The fraction of sp³-hybridized carbons (Fsp3) is 1.00. The summed E-state index contributed by atoms with van der Waals surface area (Å²) in [4.78, 5) is 2.62. The van der Waals surface area contributed by atoms with Crippen molar-refractivity contribution in [3.63, 3.8) is 0 Å². The molecule has 0 radical (unpaired) electrons. The summed E-state index contributed by atoms with van der Waals surface area (Å²) in [5.41, 5.74) is 3.90. The maximum Gasteiger partial charge on any atom is 0.0710 e. The molecule has 2 atom stereocenters. The molecule has 0 amide bonds. The molecule has 2 unspecified atom stereocenters. The second-order valence-corrected chi connectivity index (χ2v) is 30.0. The normalized spacial score (nSPS) is 42.3. The zero-order chi connectivity index (χ0) is 50.4. The van der Waals surface area contributed by atoms with Gasteiger partial charge >= 0.3 is 0 Å².